The molecule has 0 unspecified atom stereocenters. The minimum Gasteiger partial charge on any atom is -0.484 e. The van der Waals surface area contributed by atoms with Crippen LogP contribution in [-0.4, -0.2) is 17.1 Å². The molecule has 28 heavy (non-hydrogen) atoms. The van der Waals surface area contributed by atoms with E-state index in [-0.39, 0.29) is 18.1 Å². The normalized spacial score (nSPS) is 11.0. The molecule has 0 aliphatic rings. The van der Waals surface area contributed by atoms with Gasteiger partial charge in [-0.25, -0.2) is 4.39 Å². The van der Waals surface area contributed by atoms with Crippen molar-refractivity contribution < 1.29 is 13.9 Å². The number of ether oxygens (including phenoxy) is 1. The molecule has 0 bridgehead atoms. The van der Waals surface area contributed by atoms with Crippen molar-refractivity contribution >= 4 is 22.5 Å². The van der Waals surface area contributed by atoms with E-state index in [1.165, 1.54) is 18.2 Å². The number of carbonyl (C=O) groups is 1. The molecular weight excluding hydrogens is 359 g/mol. The van der Waals surface area contributed by atoms with E-state index < -0.39 is 11.7 Å². The monoisotopic (exact) mass is 382 g/mol. The number of rotatable bonds is 6. The van der Waals surface area contributed by atoms with Crippen LogP contribution in [0.4, 0.5) is 10.1 Å². The van der Waals surface area contributed by atoms with Gasteiger partial charge in [0, 0.05) is 29.8 Å². The van der Waals surface area contributed by atoms with Gasteiger partial charge in [0.15, 0.2) is 6.61 Å². The molecule has 2 aromatic carbocycles. The maximum absolute atomic E-state index is 13.2. The summed E-state index contributed by atoms with van der Waals surface area (Å²) in [4.78, 5) is 24.5. The zero-order chi connectivity index (χ0) is 20.3. The number of amides is 1. The fourth-order valence-electron chi connectivity index (χ4n) is 3.19. The predicted molar refractivity (Wildman–Crippen MR) is 108 cm³/mol. The van der Waals surface area contributed by atoms with Gasteiger partial charge in [0.05, 0.1) is 5.52 Å². The molecule has 1 heterocycles. The molecule has 0 saturated carbocycles. The van der Waals surface area contributed by atoms with Crippen molar-refractivity contribution in [2.75, 3.05) is 11.9 Å². The fraction of sp³-hybridized carbons (Fsp3) is 0.273. The van der Waals surface area contributed by atoms with Crippen LogP contribution < -0.4 is 15.6 Å². The van der Waals surface area contributed by atoms with E-state index in [2.05, 4.69) is 5.32 Å². The maximum Gasteiger partial charge on any atom is 0.262 e. The van der Waals surface area contributed by atoms with Crippen LogP contribution in [0.25, 0.3) is 10.9 Å². The number of aryl methyl sites for hydroxylation is 1. The topological polar surface area (TPSA) is 60.3 Å². The van der Waals surface area contributed by atoms with Crippen molar-refractivity contribution in [3.05, 3.63) is 70.3 Å². The molecule has 3 rings (SSSR count). The van der Waals surface area contributed by atoms with Gasteiger partial charge in [0.2, 0.25) is 0 Å². The first-order valence-electron chi connectivity index (χ1n) is 9.24. The molecule has 6 heteroatoms. The van der Waals surface area contributed by atoms with Gasteiger partial charge in [-0.3, -0.25) is 9.59 Å². The first-order valence-corrected chi connectivity index (χ1v) is 9.24. The largest absolute Gasteiger partial charge is 0.484 e. The van der Waals surface area contributed by atoms with Gasteiger partial charge in [-0.05, 0) is 48.7 Å². The smallest absolute Gasteiger partial charge is 0.262 e. The molecule has 0 radical (unpaired) electrons. The van der Waals surface area contributed by atoms with Crippen LogP contribution in [0.1, 0.15) is 32.3 Å². The molecule has 0 fully saturated rings. The molecule has 5 nitrogen and oxygen atoms in total. The Morgan fingerprint density at radius 1 is 1.18 bits per heavy atom. The zero-order valence-corrected chi connectivity index (χ0v) is 16.2. The summed E-state index contributed by atoms with van der Waals surface area (Å²) in [6.07, 6.45) is 0. The number of halogens is 1. The van der Waals surface area contributed by atoms with E-state index in [4.69, 9.17) is 4.74 Å². The van der Waals surface area contributed by atoms with Crippen molar-refractivity contribution in [1.29, 1.82) is 0 Å². The third kappa shape index (κ3) is 4.22. The highest BCUT2D eigenvalue weighted by Gasteiger charge is 2.12. The summed E-state index contributed by atoms with van der Waals surface area (Å²) in [5.74, 6) is -0.115. The second-order valence-electron chi connectivity index (χ2n) is 6.86. The number of hydrogen-bond acceptors (Lipinski definition) is 3. The molecule has 0 atom stereocenters. The average molecular weight is 382 g/mol. The van der Waals surface area contributed by atoms with Crippen LogP contribution in [0.3, 0.4) is 0 Å². The van der Waals surface area contributed by atoms with Crippen LogP contribution in [0, 0.1) is 5.82 Å². The Hall–Kier alpha value is -3.15. The number of nitrogens with one attached hydrogen (secondary N) is 1. The lowest BCUT2D eigenvalue weighted by molar-refractivity contribution is -0.118. The summed E-state index contributed by atoms with van der Waals surface area (Å²) in [5.41, 5.74) is 2.08. The van der Waals surface area contributed by atoms with Gasteiger partial charge in [0.1, 0.15) is 11.6 Å². The van der Waals surface area contributed by atoms with Gasteiger partial charge in [-0.2, -0.15) is 0 Å². The number of carbonyl (C=O) groups excluding carboxylic acids is 1. The number of aromatic nitrogens is 1. The Bertz CT molecular complexity index is 1070. The number of benzene rings is 2. The van der Waals surface area contributed by atoms with E-state index in [9.17, 15) is 14.0 Å². The quantitative estimate of drug-likeness (QED) is 0.691. The van der Waals surface area contributed by atoms with Crippen molar-refractivity contribution in [2.24, 2.45) is 0 Å². The minimum atomic E-state index is -0.424. The van der Waals surface area contributed by atoms with E-state index >= 15 is 0 Å². The highest BCUT2D eigenvalue weighted by molar-refractivity contribution is 5.92. The number of pyridine rings is 1. The summed E-state index contributed by atoms with van der Waals surface area (Å²) in [7, 11) is 0. The van der Waals surface area contributed by atoms with E-state index in [1.807, 2.05) is 26.8 Å². The van der Waals surface area contributed by atoms with Gasteiger partial charge < -0.3 is 14.6 Å². The Balaban J connectivity index is 1.82. The predicted octanol–water partition coefficient (Wildman–Crippen LogP) is 4.30. The summed E-state index contributed by atoms with van der Waals surface area (Å²) < 4.78 is 20.5. The molecule has 1 amide bonds. The van der Waals surface area contributed by atoms with Crippen LogP contribution in [0.15, 0.2) is 53.3 Å². The molecule has 0 spiro atoms. The Kier molecular flexibility index (Phi) is 5.78. The van der Waals surface area contributed by atoms with Crippen molar-refractivity contribution in [2.45, 2.75) is 33.2 Å². The Morgan fingerprint density at radius 2 is 1.96 bits per heavy atom. The highest BCUT2D eigenvalue weighted by Crippen LogP contribution is 2.27. The highest BCUT2D eigenvalue weighted by atomic mass is 19.1. The second kappa shape index (κ2) is 8.25. The van der Waals surface area contributed by atoms with Gasteiger partial charge >= 0.3 is 0 Å². The van der Waals surface area contributed by atoms with Gasteiger partial charge in [-0.1, -0.05) is 19.9 Å². The molecule has 3 aromatic rings. The lowest BCUT2D eigenvalue weighted by atomic mass is 9.98. The number of hydrogen-bond donors (Lipinski definition) is 1. The van der Waals surface area contributed by atoms with Crippen LogP contribution >= 0.6 is 0 Å². The summed E-state index contributed by atoms with van der Waals surface area (Å²) in [6, 6.07) is 12.8. The molecule has 1 N–H and O–H groups in total. The lowest BCUT2D eigenvalue weighted by Crippen LogP contribution is -2.21. The van der Waals surface area contributed by atoms with Crippen molar-refractivity contribution in [1.82, 2.24) is 4.57 Å². The lowest BCUT2D eigenvalue weighted by Gasteiger charge is -2.15. The molecule has 0 aliphatic carbocycles. The number of fused-ring (bicyclic) bond motifs is 1. The second-order valence-corrected chi connectivity index (χ2v) is 6.86. The van der Waals surface area contributed by atoms with Crippen molar-refractivity contribution in [3.8, 4) is 5.75 Å². The summed E-state index contributed by atoms with van der Waals surface area (Å²) in [6.45, 7) is 6.33. The molecule has 0 aliphatic heterocycles. The first-order chi connectivity index (χ1) is 13.4. The molecule has 0 saturated heterocycles. The van der Waals surface area contributed by atoms with Gasteiger partial charge in [0.25, 0.3) is 11.5 Å². The molecular formula is C22H23FN2O3. The van der Waals surface area contributed by atoms with E-state index in [1.54, 1.807) is 28.8 Å². The summed E-state index contributed by atoms with van der Waals surface area (Å²) >= 11 is 0. The Morgan fingerprint density at radius 3 is 2.64 bits per heavy atom. The van der Waals surface area contributed by atoms with E-state index in [0.717, 1.165) is 16.5 Å². The number of anilines is 1. The van der Waals surface area contributed by atoms with Crippen LogP contribution in [-0.2, 0) is 11.3 Å². The van der Waals surface area contributed by atoms with Crippen LogP contribution in [0.2, 0.25) is 0 Å². The third-order valence-corrected chi connectivity index (χ3v) is 4.53. The Labute approximate surface area is 162 Å². The fourth-order valence-corrected chi connectivity index (χ4v) is 3.19. The number of nitrogens with zero attached hydrogens (tertiary/aromatic N) is 1. The minimum absolute atomic E-state index is 0.0558. The maximum atomic E-state index is 13.2. The zero-order valence-electron chi connectivity index (χ0n) is 16.2. The molecule has 146 valence electrons. The van der Waals surface area contributed by atoms with Crippen LogP contribution in [0.5, 0.6) is 5.75 Å². The van der Waals surface area contributed by atoms with Gasteiger partial charge in [-0.15, -0.1) is 0 Å². The standard InChI is InChI=1S/C22H23FN2O3/c1-4-25-20-11-17(8-9-18(20)19(14(2)3)12-22(25)27)28-13-21(26)24-16-7-5-6-15(23)10-16/h5-12,14H,4,13H2,1-3H3,(H,24,26). The first kappa shape index (κ1) is 19.6. The average Bonchev–Trinajstić information content (AvgIpc) is 2.65. The van der Waals surface area contributed by atoms with Crippen molar-refractivity contribution in [3.63, 3.8) is 0 Å². The molecule has 1 aromatic heterocycles. The summed E-state index contributed by atoms with van der Waals surface area (Å²) in [5, 5.41) is 3.58. The SMILES string of the molecule is CCn1c(=O)cc(C(C)C)c2ccc(OCC(=O)Nc3cccc(F)c3)cc21. The van der Waals surface area contributed by atoms with E-state index in [0.29, 0.717) is 18.0 Å². The third-order valence-electron chi connectivity index (χ3n) is 4.53.